The Morgan fingerprint density at radius 1 is 1.27 bits per heavy atom. The van der Waals surface area contributed by atoms with E-state index >= 15 is 0 Å². The second kappa shape index (κ2) is 10.0. The third-order valence-corrected chi connectivity index (χ3v) is 4.68. The predicted octanol–water partition coefficient (Wildman–Crippen LogP) is 0.556. The van der Waals surface area contributed by atoms with Gasteiger partial charge >= 0.3 is 17.9 Å². The van der Waals surface area contributed by atoms with Crippen molar-refractivity contribution >= 4 is 23.8 Å². The number of carbonyl (C=O) groups is 4. The summed E-state index contributed by atoms with van der Waals surface area (Å²) in [4.78, 5) is 64.1. The second-order valence-electron chi connectivity index (χ2n) is 7.29. The number of hydrogen-bond acceptors (Lipinski definition) is 8. The van der Waals surface area contributed by atoms with Gasteiger partial charge < -0.3 is 24.5 Å². The van der Waals surface area contributed by atoms with Crippen molar-refractivity contribution in [3.8, 4) is 0 Å². The summed E-state index contributed by atoms with van der Waals surface area (Å²) >= 11 is 0. The van der Waals surface area contributed by atoms with Crippen LogP contribution in [0.4, 0.5) is 0 Å². The number of pyridine rings is 1. The number of nitrogens with one attached hydrogen (secondary N) is 2. The lowest BCUT2D eigenvalue weighted by Gasteiger charge is -2.29. The molecule has 1 saturated heterocycles. The van der Waals surface area contributed by atoms with Gasteiger partial charge in [-0.15, -0.1) is 0 Å². The molecule has 164 valence electrons. The molecule has 1 aromatic heterocycles. The SMILES string of the molecule is CC[C@H]1C(=O)OC[C@H](NC(=O)c2c[nH]ccc2=O)C(=O)O[C@@H](C)[C@@H]1OC(=O)C(C)C. The zero-order valence-corrected chi connectivity index (χ0v) is 17.3. The van der Waals surface area contributed by atoms with Crippen molar-refractivity contribution in [1.29, 1.82) is 0 Å². The van der Waals surface area contributed by atoms with Crippen LogP contribution in [0.15, 0.2) is 23.3 Å². The Balaban J connectivity index is 2.24. The molecule has 0 unspecified atom stereocenters. The molecule has 0 aromatic carbocycles. The van der Waals surface area contributed by atoms with Gasteiger partial charge in [0.25, 0.3) is 5.91 Å². The number of hydrogen-bond donors (Lipinski definition) is 2. The van der Waals surface area contributed by atoms with Crippen LogP contribution in [0, 0.1) is 11.8 Å². The topological polar surface area (TPSA) is 141 Å². The van der Waals surface area contributed by atoms with E-state index in [1.165, 1.54) is 19.3 Å². The zero-order chi connectivity index (χ0) is 22.4. The molecule has 10 heteroatoms. The summed E-state index contributed by atoms with van der Waals surface area (Å²) in [7, 11) is 0. The maximum atomic E-state index is 12.6. The first-order valence-corrected chi connectivity index (χ1v) is 9.71. The first kappa shape index (κ1) is 23.1. The van der Waals surface area contributed by atoms with Crippen molar-refractivity contribution < 1.29 is 33.4 Å². The van der Waals surface area contributed by atoms with Gasteiger partial charge in [0.1, 0.15) is 18.3 Å². The Morgan fingerprint density at radius 3 is 2.57 bits per heavy atom. The first-order valence-electron chi connectivity index (χ1n) is 9.71. The third kappa shape index (κ3) is 5.46. The lowest BCUT2D eigenvalue weighted by atomic mass is 9.95. The number of rotatable bonds is 5. The Hall–Kier alpha value is -3.17. The highest BCUT2D eigenvalue weighted by Crippen LogP contribution is 2.23. The summed E-state index contributed by atoms with van der Waals surface area (Å²) in [5.74, 6) is -4.20. The molecule has 0 saturated carbocycles. The van der Waals surface area contributed by atoms with Gasteiger partial charge in [-0.25, -0.2) is 4.79 Å². The zero-order valence-electron chi connectivity index (χ0n) is 17.3. The van der Waals surface area contributed by atoms with E-state index in [1.807, 2.05) is 0 Å². The van der Waals surface area contributed by atoms with Crippen molar-refractivity contribution in [3.05, 3.63) is 34.2 Å². The minimum absolute atomic E-state index is 0.209. The van der Waals surface area contributed by atoms with Gasteiger partial charge in [0, 0.05) is 18.5 Å². The molecule has 0 aliphatic carbocycles. The third-order valence-electron chi connectivity index (χ3n) is 4.68. The number of amides is 1. The van der Waals surface area contributed by atoms with Crippen molar-refractivity contribution in [2.45, 2.75) is 52.4 Å². The fraction of sp³-hybridized carbons (Fsp3) is 0.550. The summed E-state index contributed by atoms with van der Waals surface area (Å²) in [5.41, 5.74) is -0.750. The van der Waals surface area contributed by atoms with Crippen LogP contribution in [-0.4, -0.2) is 53.7 Å². The molecule has 10 nitrogen and oxygen atoms in total. The van der Waals surface area contributed by atoms with E-state index in [2.05, 4.69) is 10.3 Å². The second-order valence-corrected chi connectivity index (χ2v) is 7.29. The van der Waals surface area contributed by atoms with Crippen molar-refractivity contribution in [1.82, 2.24) is 10.3 Å². The molecular weight excluding hydrogens is 396 g/mol. The molecule has 2 N–H and O–H groups in total. The van der Waals surface area contributed by atoms with E-state index in [0.29, 0.717) is 0 Å². The Kier molecular flexibility index (Phi) is 7.73. The number of cyclic esters (lactones) is 2. The minimum Gasteiger partial charge on any atom is -0.463 e. The van der Waals surface area contributed by atoms with Crippen LogP contribution in [0.2, 0.25) is 0 Å². The highest BCUT2D eigenvalue weighted by atomic mass is 16.6. The smallest absolute Gasteiger partial charge is 0.332 e. The van der Waals surface area contributed by atoms with E-state index in [1.54, 1.807) is 20.8 Å². The van der Waals surface area contributed by atoms with Gasteiger partial charge in [-0.1, -0.05) is 20.8 Å². The molecule has 2 rings (SSSR count). The molecule has 4 atom stereocenters. The monoisotopic (exact) mass is 422 g/mol. The molecule has 30 heavy (non-hydrogen) atoms. The van der Waals surface area contributed by atoms with Gasteiger partial charge in [0.05, 0.1) is 11.8 Å². The van der Waals surface area contributed by atoms with Crippen LogP contribution in [0.5, 0.6) is 0 Å². The van der Waals surface area contributed by atoms with E-state index in [0.717, 1.165) is 6.07 Å². The maximum Gasteiger partial charge on any atom is 0.332 e. The van der Waals surface area contributed by atoms with Crippen LogP contribution in [0.25, 0.3) is 0 Å². The van der Waals surface area contributed by atoms with E-state index < -0.39 is 65.9 Å². The van der Waals surface area contributed by atoms with Crippen LogP contribution >= 0.6 is 0 Å². The largest absolute Gasteiger partial charge is 0.463 e. The van der Waals surface area contributed by atoms with Gasteiger partial charge in [-0.3, -0.25) is 19.2 Å². The fourth-order valence-electron chi connectivity index (χ4n) is 2.91. The molecule has 0 radical (unpaired) electrons. The maximum absolute atomic E-state index is 12.6. The summed E-state index contributed by atoms with van der Waals surface area (Å²) in [6, 6.07) is -0.168. The summed E-state index contributed by atoms with van der Waals surface area (Å²) in [6.07, 6.45) is 0.845. The number of carbonyl (C=O) groups excluding carboxylic acids is 4. The van der Waals surface area contributed by atoms with Crippen LogP contribution < -0.4 is 10.7 Å². The fourth-order valence-corrected chi connectivity index (χ4v) is 2.91. The predicted molar refractivity (Wildman–Crippen MR) is 103 cm³/mol. The average molecular weight is 422 g/mol. The van der Waals surface area contributed by atoms with Crippen LogP contribution in [0.3, 0.4) is 0 Å². The normalized spacial score (nSPS) is 24.7. The van der Waals surface area contributed by atoms with Crippen LogP contribution in [-0.2, 0) is 28.6 Å². The minimum atomic E-state index is -1.33. The summed E-state index contributed by atoms with van der Waals surface area (Å²) in [6.45, 7) is 6.02. The molecule has 1 amide bonds. The molecular formula is C20H26N2O8. The lowest BCUT2D eigenvalue weighted by molar-refractivity contribution is -0.176. The quantitative estimate of drug-likeness (QED) is 0.518. The molecule has 1 aliphatic rings. The standard InChI is InChI=1S/C20H26N2O8/c1-5-12-16(30-18(25)10(2)3)11(4)29-20(27)14(9-28-19(12)26)22-17(24)13-8-21-7-6-15(13)23/h6-8,10-12,14,16H,5,9H2,1-4H3,(H,21,23)(H,22,24)/t11-,12+,14-,16-/m0/s1. The molecule has 1 fully saturated rings. The summed E-state index contributed by atoms with van der Waals surface area (Å²) < 4.78 is 16.0. The van der Waals surface area contributed by atoms with Gasteiger partial charge in [-0.05, 0) is 13.3 Å². The van der Waals surface area contributed by atoms with Gasteiger partial charge in [0.2, 0.25) is 0 Å². The number of aromatic amines is 1. The van der Waals surface area contributed by atoms with Crippen molar-refractivity contribution in [2.75, 3.05) is 6.61 Å². The molecule has 2 heterocycles. The van der Waals surface area contributed by atoms with E-state index in [9.17, 15) is 24.0 Å². The molecule has 1 aliphatic heterocycles. The van der Waals surface area contributed by atoms with E-state index in [-0.39, 0.29) is 12.0 Å². The number of esters is 3. The molecule has 0 bridgehead atoms. The highest BCUT2D eigenvalue weighted by molar-refractivity contribution is 5.96. The highest BCUT2D eigenvalue weighted by Gasteiger charge is 2.41. The first-order chi connectivity index (χ1) is 14.1. The van der Waals surface area contributed by atoms with Crippen molar-refractivity contribution in [3.63, 3.8) is 0 Å². The number of aromatic nitrogens is 1. The Morgan fingerprint density at radius 2 is 1.97 bits per heavy atom. The Labute approximate surface area is 173 Å². The Bertz CT molecular complexity index is 862. The van der Waals surface area contributed by atoms with Crippen molar-refractivity contribution in [2.24, 2.45) is 11.8 Å². The number of H-pyrrole nitrogens is 1. The van der Waals surface area contributed by atoms with E-state index in [4.69, 9.17) is 14.2 Å². The van der Waals surface area contributed by atoms with Gasteiger partial charge in [0.15, 0.2) is 17.6 Å². The lowest BCUT2D eigenvalue weighted by Crippen LogP contribution is -2.47. The average Bonchev–Trinajstić information content (AvgIpc) is 2.73. The van der Waals surface area contributed by atoms with Gasteiger partial charge in [-0.2, -0.15) is 0 Å². The number of ether oxygens (including phenoxy) is 3. The van der Waals surface area contributed by atoms with Crippen LogP contribution in [0.1, 0.15) is 44.5 Å². The summed E-state index contributed by atoms with van der Waals surface area (Å²) in [5, 5.41) is 2.35. The molecule has 0 spiro atoms. The molecule has 1 aromatic rings.